The van der Waals surface area contributed by atoms with Crippen molar-refractivity contribution in [3.8, 4) is 0 Å². The maximum atomic E-state index is 11.4. The van der Waals surface area contributed by atoms with Crippen LogP contribution < -0.4 is 5.32 Å². The second-order valence-electron chi connectivity index (χ2n) is 4.93. The first kappa shape index (κ1) is 23.5. The minimum Gasteiger partial charge on any atom is -0.466 e. The van der Waals surface area contributed by atoms with Gasteiger partial charge in [-0.05, 0) is 0 Å². The molecule has 0 spiro atoms. The van der Waals surface area contributed by atoms with Crippen LogP contribution in [-0.4, -0.2) is 59.8 Å². The number of nitrogens with one attached hydrogen (secondary N) is 1. The molecule has 0 aromatic heterocycles. The summed E-state index contributed by atoms with van der Waals surface area (Å²) in [5.41, 5.74) is -0.448. The second kappa shape index (κ2) is 12.0. The van der Waals surface area contributed by atoms with Crippen molar-refractivity contribution in [1.82, 2.24) is 5.32 Å². The summed E-state index contributed by atoms with van der Waals surface area (Å²) in [6, 6.07) is 0. The molecule has 1 amide bonds. The van der Waals surface area contributed by atoms with Gasteiger partial charge in [0.2, 0.25) is 12.2 Å². The van der Waals surface area contributed by atoms with Crippen molar-refractivity contribution in [3.05, 3.63) is 11.5 Å². The Labute approximate surface area is 149 Å². The number of rotatable bonds is 10. The van der Waals surface area contributed by atoms with Gasteiger partial charge >= 0.3 is 17.9 Å². The number of aliphatic hydroxyl groups excluding tert-OH is 2. The minimum absolute atomic E-state index is 0.142. The van der Waals surface area contributed by atoms with E-state index in [1.807, 2.05) is 0 Å². The number of aliphatic hydroxyl groups is 2. The summed E-state index contributed by atoms with van der Waals surface area (Å²) >= 11 is 0. The highest BCUT2D eigenvalue weighted by Crippen LogP contribution is 2.20. The van der Waals surface area contributed by atoms with Gasteiger partial charge in [-0.25, -0.2) is 0 Å². The van der Waals surface area contributed by atoms with E-state index < -0.39 is 54.5 Å². The Bertz CT molecular complexity index is 557. The predicted molar refractivity (Wildman–Crippen MR) is 83.6 cm³/mol. The highest BCUT2D eigenvalue weighted by atomic mass is 16.7. The van der Waals surface area contributed by atoms with Crippen molar-refractivity contribution in [3.63, 3.8) is 0 Å². The van der Waals surface area contributed by atoms with E-state index in [4.69, 9.17) is 19.3 Å². The van der Waals surface area contributed by atoms with Crippen LogP contribution >= 0.6 is 0 Å². The van der Waals surface area contributed by atoms with Crippen LogP contribution in [0.1, 0.15) is 34.1 Å². The average molecular weight is 377 g/mol. The summed E-state index contributed by atoms with van der Waals surface area (Å²) in [6.45, 7) is 3.29. The molecule has 0 heterocycles. The lowest BCUT2D eigenvalue weighted by atomic mass is 10.1. The number of carbonyl (C=O) groups is 4. The Morgan fingerprint density at radius 1 is 1.00 bits per heavy atom. The molecule has 0 saturated carbocycles. The van der Waals surface area contributed by atoms with Crippen molar-refractivity contribution in [1.29, 1.82) is 0 Å². The molecule has 11 heteroatoms. The molecule has 0 bridgehead atoms. The molecule has 2 unspecified atom stereocenters. The van der Waals surface area contributed by atoms with E-state index in [0.29, 0.717) is 0 Å². The largest absolute Gasteiger partial charge is 0.466 e. The summed E-state index contributed by atoms with van der Waals surface area (Å²) in [6.07, 6.45) is -3.34. The van der Waals surface area contributed by atoms with Gasteiger partial charge in [-0.2, -0.15) is 0 Å². The molecule has 0 saturated heterocycles. The summed E-state index contributed by atoms with van der Waals surface area (Å²) in [4.78, 5) is 45.1. The Kier molecular flexibility index (Phi) is 10.8. The highest BCUT2D eigenvalue weighted by molar-refractivity contribution is 5.75. The van der Waals surface area contributed by atoms with Gasteiger partial charge in [-0.15, -0.1) is 0 Å². The van der Waals surface area contributed by atoms with Crippen molar-refractivity contribution < 1.29 is 48.3 Å². The predicted octanol–water partition coefficient (Wildman–Crippen LogP) is -0.933. The Morgan fingerprint density at radius 2 is 1.62 bits per heavy atom. The van der Waals surface area contributed by atoms with Crippen molar-refractivity contribution in [2.75, 3.05) is 13.4 Å². The highest BCUT2D eigenvalue weighted by Gasteiger charge is 2.30. The van der Waals surface area contributed by atoms with Gasteiger partial charge in [0.05, 0.1) is 6.61 Å². The van der Waals surface area contributed by atoms with Gasteiger partial charge in [0.1, 0.15) is 12.5 Å². The first-order valence-corrected chi connectivity index (χ1v) is 7.49. The zero-order chi connectivity index (χ0) is 20.3. The first-order chi connectivity index (χ1) is 12.1. The third-order valence-corrected chi connectivity index (χ3v) is 2.60. The maximum Gasteiger partial charge on any atom is 0.307 e. The average Bonchev–Trinajstić information content (AvgIpc) is 2.48. The third kappa shape index (κ3) is 9.71. The van der Waals surface area contributed by atoms with Crippen LogP contribution in [-0.2, 0) is 38.1 Å². The zero-order valence-electron chi connectivity index (χ0n) is 14.9. The fourth-order valence-corrected chi connectivity index (χ4v) is 1.79. The van der Waals surface area contributed by atoms with Crippen LogP contribution in [0.15, 0.2) is 11.5 Å². The number of ether oxygens (including phenoxy) is 4. The van der Waals surface area contributed by atoms with E-state index >= 15 is 0 Å². The van der Waals surface area contributed by atoms with Crippen LogP contribution in [0, 0.1) is 0 Å². The van der Waals surface area contributed by atoms with Gasteiger partial charge in [0.15, 0.2) is 11.9 Å². The minimum atomic E-state index is -1.90. The fourth-order valence-electron chi connectivity index (χ4n) is 1.79. The molecule has 0 rings (SSSR count). The number of amides is 1. The van der Waals surface area contributed by atoms with Gasteiger partial charge in [-0.3, -0.25) is 19.2 Å². The molecular weight excluding hydrogens is 354 g/mol. The molecule has 0 fully saturated rings. The lowest BCUT2D eigenvalue weighted by Crippen LogP contribution is -2.36. The monoisotopic (exact) mass is 377 g/mol. The van der Waals surface area contributed by atoms with E-state index in [0.717, 1.165) is 20.8 Å². The van der Waals surface area contributed by atoms with E-state index in [1.54, 1.807) is 0 Å². The zero-order valence-corrected chi connectivity index (χ0v) is 14.9. The van der Waals surface area contributed by atoms with Gasteiger partial charge < -0.3 is 34.5 Å². The number of hydrogen-bond donors (Lipinski definition) is 3. The van der Waals surface area contributed by atoms with Crippen molar-refractivity contribution in [2.24, 2.45) is 0 Å². The van der Waals surface area contributed by atoms with E-state index in [1.165, 1.54) is 6.92 Å². The SMILES string of the molecule is CC(=O)N/C(=C(\OC(C)=O)C(CCOC(C)=O)OC(C)=O)C(O)OCO. The maximum absolute atomic E-state index is 11.4. The summed E-state index contributed by atoms with van der Waals surface area (Å²) in [5.74, 6) is -3.29. The van der Waals surface area contributed by atoms with Gasteiger partial charge in [0, 0.05) is 34.1 Å². The van der Waals surface area contributed by atoms with E-state index in [2.05, 4.69) is 10.1 Å². The molecule has 0 aliphatic rings. The van der Waals surface area contributed by atoms with Gasteiger partial charge in [0.25, 0.3) is 0 Å². The standard InChI is InChI=1S/C15H23NO10/c1-8(18)16-13(15(22)24-7-17)14(26-11(4)21)12(25-10(3)20)5-6-23-9(2)19/h12,15,17,22H,5-7H2,1-4H3,(H,16,18)/b14-13-. The quantitative estimate of drug-likeness (QED) is 0.188. The summed E-state index contributed by atoms with van der Waals surface area (Å²) < 4.78 is 19.4. The number of hydrogen-bond acceptors (Lipinski definition) is 10. The molecule has 0 aromatic rings. The molecular formula is C15H23NO10. The Morgan fingerprint density at radius 3 is 2.04 bits per heavy atom. The lowest BCUT2D eigenvalue weighted by molar-refractivity contribution is -0.155. The van der Waals surface area contributed by atoms with Crippen molar-refractivity contribution in [2.45, 2.75) is 46.5 Å². The number of esters is 3. The molecule has 0 radical (unpaired) electrons. The third-order valence-electron chi connectivity index (χ3n) is 2.60. The summed E-state index contributed by atoms with van der Waals surface area (Å²) in [5, 5.41) is 21.0. The second-order valence-corrected chi connectivity index (χ2v) is 4.93. The van der Waals surface area contributed by atoms with Crippen LogP contribution in [0.5, 0.6) is 0 Å². The van der Waals surface area contributed by atoms with Crippen LogP contribution in [0.2, 0.25) is 0 Å². The van der Waals surface area contributed by atoms with Crippen molar-refractivity contribution >= 4 is 23.8 Å². The van der Waals surface area contributed by atoms with E-state index in [-0.39, 0.29) is 13.0 Å². The molecule has 26 heavy (non-hydrogen) atoms. The van der Waals surface area contributed by atoms with E-state index in [9.17, 15) is 24.3 Å². The van der Waals surface area contributed by atoms with Crippen LogP contribution in [0.25, 0.3) is 0 Å². The van der Waals surface area contributed by atoms with Crippen LogP contribution in [0.3, 0.4) is 0 Å². The molecule has 3 N–H and O–H groups in total. The fraction of sp³-hybridized carbons (Fsp3) is 0.600. The molecule has 2 atom stereocenters. The topological polar surface area (TPSA) is 158 Å². The van der Waals surface area contributed by atoms with Crippen LogP contribution in [0.4, 0.5) is 0 Å². The normalized spacial score (nSPS) is 13.8. The lowest BCUT2D eigenvalue weighted by Gasteiger charge is -2.24. The summed E-state index contributed by atoms with van der Waals surface area (Å²) in [7, 11) is 0. The number of carbonyl (C=O) groups excluding carboxylic acids is 4. The Balaban J connectivity index is 5.97. The molecule has 11 nitrogen and oxygen atoms in total. The first-order valence-electron chi connectivity index (χ1n) is 7.49. The molecule has 0 aliphatic carbocycles. The Hall–Kier alpha value is -2.50. The molecule has 0 aliphatic heterocycles. The van der Waals surface area contributed by atoms with Gasteiger partial charge in [-0.1, -0.05) is 0 Å². The smallest absolute Gasteiger partial charge is 0.307 e. The molecule has 0 aromatic carbocycles. The molecule has 148 valence electrons.